The maximum Gasteiger partial charge on any atom is 0.519 e. The minimum Gasteiger partial charge on any atom is -0.497 e. The van der Waals surface area contributed by atoms with Crippen LogP contribution in [0.1, 0.15) is 73.4 Å². The number of benzene rings is 4. The average molecular weight is 589 g/mol. The Hall–Kier alpha value is -4.58. The molecule has 0 saturated carbocycles. The summed E-state index contributed by atoms with van der Waals surface area (Å²) < 4.78 is 20.8. The summed E-state index contributed by atoms with van der Waals surface area (Å²) in [6.07, 6.45) is -0.123. The summed E-state index contributed by atoms with van der Waals surface area (Å²) in [5.41, 5.74) is 4.12. The fourth-order valence-electron chi connectivity index (χ4n) is 3.46. The van der Waals surface area contributed by atoms with E-state index in [1.54, 1.807) is 43.5 Å². The second-order valence-corrected chi connectivity index (χ2v) is 7.77. The number of carbonyl (C=O) groups excluding carboxylic acids is 2. The molecule has 6 nitrogen and oxygen atoms in total. The molecule has 6 heteroatoms. The van der Waals surface area contributed by atoms with Gasteiger partial charge in [-0.2, -0.15) is 0 Å². The molecule has 43 heavy (non-hydrogen) atoms. The second-order valence-electron chi connectivity index (χ2n) is 7.77. The van der Waals surface area contributed by atoms with Gasteiger partial charge in [0.15, 0.2) is 0 Å². The van der Waals surface area contributed by atoms with Crippen molar-refractivity contribution in [3.8, 4) is 34.1 Å². The standard InChI is InChI=1S/C29H24O6.4C2H6/c1-20(30)33-26-11-3-21(4-12-26)19-22-5-13-27(14-6-22)34-29(31)35-28-17-9-24(10-18-28)23-7-15-25(32-2)16-8-23;4*1-2/h3-18H,19H2,1-2H3;4*1-2H3. The van der Waals surface area contributed by atoms with E-state index >= 15 is 0 Å². The maximum absolute atomic E-state index is 12.2. The lowest BCUT2D eigenvalue weighted by atomic mass is 10.0. The fourth-order valence-corrected chi connectivity index (χ4v) is 3.46. The first-order valence-electron chi connectivity index (χ1n) is 15.0. The monoisotopic (exact) mass is 588 g/mol. The van der Waals surface area contributed by atoms with Gasteiger partial charge in [-0.05, 0) is 77.2 Å². The van der Waals surface area contributed by atoms with Crippen molar-refractivity contribution in [1.82, 2.24) is 0 Å². The molecular weight excluding hydrogens is 540 g/mol. The van der Waals surface area contributed by atoms with Gasteiger partial charge in [0.2, 0.25) is 0 Å². The molecule has 0 radical (unpaired) electrons. The van der Waals surface area contributed by atoms with Crippen molar-refractivity contribution in [2.24, 2.45) is 0 Å². The molecule has 0 aromatic heterocycles. The van der Waals surface area contributed by atoms with Gasteiger partial charge >= 0.3 is 12.1 Å². The normalized spacial score (nSPS) is 8.98. The molecule has 0 aliphatic rings. The smallest absolute Gasteiger partial charge is 0.497 e. The molecule has 0 heterocycles. The number of rotatable bonds is 7. The van der Waals surface area contributed by atoms with Crippen LogP contribution >= 0.6 is 0 Å². The molecule has 0 fully saturated rings. The quantitative estimate of drug-likeness (QED) is 0.121. The van der Waals surface area contributed by atoms with Gasteiger partial charge in [-0.3, -0.25) is 4.79 Å². The first-order chi connectivity index (χ1) is 21.0. The number of esters is 1. The van der Waals surface area contributed by atoms with Gasteiger partial charge in [0.1, 0.15) is 23.0 Å². The first kappa shape index (κ1) is 38.4. The summed E-state index contributed by atoms with van der Waals surface area (Å²) in [4.78, 5) is 23.2. The third-order valence-electron chi connectivity index (χ3n) is 5.20. The van der Waals surface area contributed by atoms with Crippen LogP contribution in [-0.2, 0) is 11.2 Å². The third-order valence-corrected chi connectivity index (χ3v) is 5.20. The van der Waals surface area contributed by atoms with E-state index in [9.17, 15) is 9.59 Å². The number of hydrogen-bond donors (Lipinski definition) is 0. The zero-order chi connectivity index (χ0) is 32.6. The Balaban J connectivity index is 0.00000204. The highest BCUT2D eigenvalue weighted by atomic mass is 16.7. The fraction of sp³-hybridized carbons (Fsp3) is 0.297. The summed E-state index contributed by atoms with van der Waals surface area (Å²) >= 11 is 0. The van der Waals surface area contributed by atoms with Crippen molar-refractivity contribution in [2.45, 2.75) is 68.7 Å². The molecule has 4 aromatic rings. The highest BCUT2D eigenvalue weighted by molar-refractivity contribution is 5.70. The van der Waals surface area contributed by atoms with Gasteiger partial charge in [0.25, 0.3) is 0 Å². The van der Waals surface area contributed by atoms with Crippen LogP contribution in [0.3, 0.4) is 0 Å². The van der Waals surface area contributed by atoms with E-state index in [4.69, 9.17) is 18.9 Å². The Morgan fingerprint density at radius 1 is 0.465 bits per heavy atom. The van der Waals surface area contributed by atoms with Gasteiger partial charge in [0.05, 0.1) is 7.11 Å². The summed E-state index contributed by atoms with van der Waals surface area (Å²) in [7, 11) is 1.63. The largest absolute Gasteiger partial charge is 0.519 e. The lowest BCUT2D eigenvalue weighted by Gasteiger charge is -2.08. The molecule has 0 bridgehead atoms. The summed E-state index contributed by atoms with van der Waals surface area (Å²) in [5, 5.41) is 0. The van der Waals surface area contributed by atoms with Gasteiger partial charge in [-0.1, -0.05) is 104 Å². The molecule has 0 amide bonds. The molecule has 0 aliphatic heterocycles. The van der Waals surface area contributed by atoms with E-state index in [2.05, 4.69) is 0 Å². The minimum atomic E-state index is -0.809. The minimum absolute atomic E-state index is 0.350. The van der Waals surface area contributed by atoms with E-state index in [0.717, 1.165) is 28.0 Å². The number of ether oxygens (including phenoxy) is 4. The second kappa shape index (κ2) is 23.0. The third kappa shape index (κ3) is 14.2. The van der Waals surface area contributed by atoms with Crippen LogP contribution < -0.4 is 18.9 Å². The first-order valence-corrected chi connectivity index (χ1v) is 15.0. The molecule has 0 spiro atoms. The summed E-state index contributed by atoms with van der Waals surface area (Å²) in [6.45, 7) is 17.4. The van der Waals surface area contributed by atoms with Crippen LogP contribution in [0.25, 0.3) is 11.1 Å². The molecule has 0 atom stereocenters. The Bertz CT molecular complexity index is 1280. The van der Waals surface area contributed by atoms with Crippen molar-refractivity contribution in [3.63, 3.8) is 0 Å². The molecule has 232 valence electrons. The Morgan fingerprint density at radius 3 is 1.09 bits per heavy atom. The van der Waals surface area contributed by atoms with Gasteiger partial charge in [-0.25, -0.2) is 4.79 Å². The number of hydrogen-bond acceptors (Lipinski definition) is 6. The predicted molar refractivity (Wildman–Crippen MR) is 177 cm³/mol. The zero-order valence-electron chi connectivity index (χ0n) is 27.4. The summed E-state index contributed by atoms with van der Waals surface area (Å²) in [6, 6.07) is 29.4. The number of carbonyl (C=O) groups is 2. The molecular formula is C37H48O6. The number of methoxy groups -OCH3 is 1. The lowest BCUT2D eigenvalue weighted by Crippen LogP contribution is -2.13. The van der Waals surface area contributed by atoms with Crippen molar-refractivity contribution in [1.29, 1.82) is 0 Å². The van der Waals surface area contributed by atoms with Crippen LogP contribution in [0.15, 0.2) is 97.1 Å². The van der Waals surface area contributed by atoms with Crippen LogP contribution in [0.4, 0.5) is 4.79 Å². The van der Waals surface area contributed by atoms with Crippen molar-refractivity contribution in [3.05, 3.63) is 108 Å². The summed E-state index contributed by atoms with van der Waals surface area (Å²) in [5.74, 6) is 1.73. The van der Waals surface area contributed by atoms with Crippen LogP contribution in [0.5, 0.6) is 23.0 Å². The van der Waals surface area contributed by atoms with E-state index in [1.165, 1.54) is 6.92 Å². The molecule has 0 aliphatic carbocycles. The predicted octanol–water partition coefficient (Wildman–Crippen LogP) is 10.6. The highest BCUT2D eigenvalue weighted by Gasteiger charge is 2.09. The topological polar surface area (TPSA) is 71.1 Å². The highest BCUT2D eigenvalue weighted by Crippen LogP contribution is 2.25. The van der Waals surface area contributed by atoms with E-state index in [0.29, 0.717) is 23.7 Å². The molecule has 4 rings (SSSR count). The Morgan fingerprint density at radius 2 is 0.767 bits per heavy atom. The molecule has 0 saturated heterocycles. The Kier molecular flexibility index (Phi) is 20.6. The van der Waals surface area contributed by atoms with Crippen LogP contribution in [0, 0.1) is 0 Å². The van der Waals surface area contributed by atoms with Gasteiger partial charge < -0.3 is 18.9 Å². The van der Waals surface area contributed by atoms with Crippen molar-refractivity contribution >= 4 is 12.1 Å². The van der Waals surface area contributed by atoms with E-state index < -0.39 is 6.16 Å². The van der Waals surface area contributed by atoms with E-state index in [-0.39, 0.29) is 5.97 Å². The van der Waals surface area contributed by atoms with Gasteiger partial charge in [0, 0.05) is 6.92 Å². The van der Waals surface area contributed by atoms with Crippen LogP contribution in [-0.4, -0.2) is 19.2 Å². The SMILES string of the molecule is CC.CC.CC.CC.COc1ccc(-c2ccc(OC(=O)Oc3ccc(Cc4ccc(OC(C)=O)cc4)cc3)cc2)cc1. The van der Waals surface area contributed by atoms with E-state index in [1.807, 2.05) is 116 Å². The van der Waals surface area contributed by atoms with Crippen molar-refractivity contribution < 1.29 is 28.5 Å². The molecule has 0 unspecified atom stereocenters. The van der Waals surface area contributed by atoms with Crippen LogP contribution in [0.2, 0.25) is 0 Å². The molecule has 0 N–H and O–H groups in total. The average Bonchev–Trinajstić information content (AvgIpc) is 3.07. The lowest BCUT2D eigenvalue weighted by molar-refractivity contribution is -0.131. The van der Waals surface area contributed by atoms with Gasteiger partial charge in [-0.15, -0.1) is 0 Å². The zero-order valence-corrected chi connectivity index (χ0v) is 27.4. The van der Waals surface area contributed by atoms with Crippen molar-refractivity contribution in [2.75, 3.05) is 7.11 Å². The Labute approximate surface area is 258 Å². The maximum atomic E-state index is 12.2. The molecule has 4 aromatic carbocycles.